The number of hydrogen-bond acceptors (Lipinski definition) is 3. The first-order valence-corrected chi connectivity index (χ1v) is 12.5. The predicted molar refractivity (Wildman–Crippen MR) is 129 cm³/mol. The minimum atomic E-state index is -0.112. The largest absolute Gasteiger partial charge is 0.355 e. The number of fused-ring (bicyclic) bond motifs is 3. The van der Waals surface area contributed by atoms with Crippen LogP contribution in [0.25, 0.3) is 22.6 Å². The topological polar surface area (TPSA) is 46.3 Å². The number of anilines is 1. The minimum absolute atomic E-state index is 0.112. The summed E-state index contributed by atoms with van der Waals surface area (Å²) in [4.78, 5) is 15.6. The maximum Gasteiger partial charge on any atom is 0.232 e. The molecule has 4 nitrogen and oxygen atoms in total. The van der Waals surface area contributed by atoms with Crippen LogP contribution in [-0.2, 0) is 17.6 Å². The van der Waals surface area contributed by atoms with E-state index in [1.165, 1.54) is 36.0 Å². The molecule has 4 heteroatoms. The number of benzene rings is 2. The van der Waals surface area contributed by atoms with Crippen LogP contribution in [0.4, 0.5) is 5.69 Å². The van der Waals surface area contributed by atoms with Gasteiger partial charge in [-0.1, -0.05) is 29.4 Å². The van der Waals surface area contributed by atoms with Crippen molar-refractivity contribution in [3.05, 3.63) is 59.7 Å². The number of aryl methyl sites for hydroxylation is 1. The van der Waals surface area contributed by atoms with Crippen LogP contribution in [-0.4, -0.2) is 18.1 Å². The summed E-state index contributed by atoms with van der Waals surface area (Å²) in [6, 6.07) is 16.8. The second-order valence-electron chi connectivity index (χ2n) is 11.1. The van der Waals surface area contributed by atoms with Crippen molar-refractivity contribution >= 4 is 11.6 Å². The molecular weight excluding hydrogens is 408 g/mol. The number of carbonyl (C=O) groups is 1. The standard InChI is InChI=1S/C29H30N2O2/c1-31(28(32)29-15-18-12-19(16-29)14-20(13-18)17-29)23-9-6-22(7-10-23)27-25-11-8-21-4-2-3-5-24(21)26(25)30-33-27/h2-7,9-10,18-20H,8,11-17H2,1H3. The Morgan fingerprint density at radius 1 is 0.939 bits per heavy atom. The van der Waals surface area contributed by atoms with Gasteiger partial charge in [0, 0.05) is 29.4 Å². The van der Waals surface area contributed by atoms with Gasteiger partial charge < -0.3 is 9.42 Å². The van der Waals surface area contributed by atoms with E-state index in [9.17, 15) is 4.79 Å². The highest BCUT2D eigenvalue weighted by Gasteiger charge is 2.55. The monoisotopic (exact) mass is 438 g/mol. The summed E-state index contributed by atoms with van der Waals surface area (Å²) in [6.07, 6.45) is 9.34. The van der Waals surface area contributed by atoms with Crippen LogP contribution in [0, 0.1) is 23.2 Å². The summed E-state index contributed by atoms with van der Waals surface area (Å²) in [5.41, 5.74) is 6.58. The van der Waals surface area contributed by atoms with Crippen molar-refractivity contribution in [2.24, 2.45) is 23.2 Å². The van der Waals surface area contributed by atoms with E-state index in [0.717, 1.165) is 72.6 Å². The van der Waals surface area contributed by atoms with Crippen LogP contribution in [0.2, 0.25) is 0 Å². The summed E-state index contributed by atoms with van der Waals surface area (Å²) in [5.74, 6) is 3.53. The molecule has 33 heavy (non-hydrogen) atoms. The van der Waals surface area contributed by atoms with Gasteiger partial charge in [-0.15, -0.1) is 0 Å². The third-order valence-corrected chi connectivity index (χ3v) is 9.02. The Morgan fingerprint density at radius 3 is 2.30 bits per heavy atom. The molecule has 0 aliphatic heterocycles. The first kappa shape index (κ1) is 19.6. The molecule has 0 unspecified atom stereocenters. The fourth-order valence-electron chi connectivity index (χ4n) is 7.89. The highest BCUT2D eigenvalue weighted by Crippen LogP contribution is 2.60. The minimum Gasteiger partial charge on any atom is -0.355 e. The zero-order valence-corrected chi connectivity index (χ0v) is 19.2. The molecule has 4 fully saturated rings. The fraction of sp³-hybridized carbons (Fsp3) is 0.448. The van der Waals surface area contributed by atoms with Gasteiger partial charge in [0.2, 0.25) is 5.91 Å². The molecule has 1 aromatic heterocycles. The van der Waals surface area contributed by atoms with E-state index in [0.29, 0.717) is 5.91 Å². The van der Waals surface area contributed by atoms with Crippen molar-refractivity contribution in [1.82, 2.24) is 5.16 Å². The molecule has 0 saturated heterocycles. The molecule has 1 amide bonds. The molecule has 4 bridgehead atoms. The lowest BCUT2D eigenvalue weighted by atomic mass is 9.49. The summed E-state index contributed by atoms with van der Waals surface area (Å²) in [6.45, 7) is 0. The molecule has 5 aliphatic rings. The average molecular weight is 439 g/mol. The van der Waals surface area contributed by atoms with Crippen LogP contribution < -0.4 is 4.90 Å². The van der Waals surface area contributed by atoms with E-state index in [4.69, 9.17) is 4.52 Å². The molecule has 0 N–H and O–H groups in total. The normalized spacial score (nSPS) is 28.9. The number of rotatable bonds is 3. The molecule has 1 heterocycles. The van der Waals surface area contributed by atoms with Gasteiger partial charge in [0.15, 0.2) is 5.76 Å². The Kier molecular flexibility index (Phi) is 4.19. The maximum absolute atomic E-state index is 13.7. The maximum atomic E-state index is 13.7. The van der Waals surface area contributed by atoms with Gasteiger partial charge in [0.05, 0.1) is 5.41 Å². The third-order valence-electron chi connectivity index (χ3n) is 9.02. The second-order valence-corrected chi connectivity index (χ2v) is 11.1. The summed E-state index contributed by atoms with van der Waals surface area (Å²) in [7, 11) is 1.96. The van der Waals surface area contributed by atoms with Gasteiger partial charge in [-0.25, -0.2) is 0 Å². The lowest BCUT2D eigenvalue weighted by Crippen LogP contribution is -2.54. The van der Waals surface area contributed by atoms with Crippen LogP contribution in [0.1, 0.15) is 49.7 Å². The quantitative estimate of drug-likeness (QED) is 0.483. The summed E-state index contributed by atoms with van der Waals surface area (Å²) >= 11 is 0. The van der Waals surface area contributed by atoms with Crippen molar-refractivity contribution in [1.29, 1.82) is 0 Å². The number of amides is 1. The highest BCUT2D eigenvalue weighted by molar-refractivity contribution is 5.97. The molecule has 0 atom stereocenters. The Labute approximate surface area is 195 Å². The molecule has 8 rings (SSSR count). The molecule has 3 aromatic rings. The van der Waals surface area contributed by atoms with Crippen LogP contribution >= 0.6 is 0 Å². The smallest absolute Gasteiger partial charge is 0.232 e. The van der Waals surface area contributed by atoms with E-state index in [-0.39, 0.29) is 5.41 Å². The fourth-order valence-corrected chi connectivity index (χ4v) is 7.89. The van der Waals surface area contributed by atoms with Crippen molar-refractivity contribution in [2.75, 3.05) is 11.9 Å². The van der Waals surface area contributed by atoms with E-state index in [1.54, 1.807) is 0 Å². The summed E-state index contributed by atoms with van der Waals surface area (Å²) in [5, 5.41) is 4.43. The average Bonchev–Trinajstić information content (AvgIpc) is 3.27. The van der Waals surface area contributed by atoms with Crippen LogP contribution in [0.15, 0.2) is 53.1 Å². The molecule has 4 saturated carbocycles. The molecule has 2 aromatic carbocycles. The van der Waals surface area contributed by atoms with E-state index >= 15 is 0 Å². The van der Waals surface area contributed by atoms with Gasteiger partial charge in [0.25, 0.3) is 0 Å². The Bertz CT molecular complexity index is 1200. The lowest BCUT2D eigenvalue weighted by Gasteiger charge is -2.56. The Morgan fingerprint density at radius 2 is 1.61 bits per heavy atom. The first-order chi connectivity index (χ1) is 16.1. The first-order valence-electron chi connectivity index (χ1n) is 12.5. The van der Waals surface area contributed by atoms with Crippen molar-refractivity contribution < 1.29 is 9.32 Å². The van der Waals surface area contributed by atoms with Gasteiger partial charge >= 0.3 is 0 Å². The number of carbonyl (C=O) groups excluding carboxylic acids is 1. The zero-order chi connectivity index (χ0) is 22.2. The van der Waals surface area contributed by atoms with Crippen molar-refractivity contribution in [3.63, 3.8) is 0 Å². The highest BCUT2D eigenvalue weighted by atomic mass is 16.5. The molecule has 5 aliphatic carbocycles. The Hall–Kier alpha value is -2.88. The number of aromatic nitrogens is 1. The van der Waals surface area contributed by atoms with Crippen LogP contribution in [0.3, 0.4) is 0 Å². The molecule has 168 valence electrons. The lowest BCUT2D eigenvalue weighted by molar-refractivity contribution is -0.143. The van der Waals surface area contributed by atoms with Gasteiger partial charge in [-0.05, 0) is 98.9 Å². The SMILES string of the molecule is CN(C(=O)C12CC3CC(CC(C3)C1)C2)c1ccc(-c2onc3c2CCc2ccccc2-3)cc1. The second kappa shape index (κ2) is 7.06. The number of nitrogens with zero attached hydrogens (tertiary/aromatic N) is 2. The molecule has 0 radical (unpaired) electrons. The van der Waals surface area contributed by atoms with E-state index in [1.807, 2.05) is 11.9 Å². The zero-order valence-electron chi connectivity index (χ0n) is 19.2. The van der Waals surface area contributed by atoms with Gasteiger partial charge in [0.1, 0.15) is 5.69 Å². The predicted octanol–water partition coefficient (Wildman–Crippen LogP) is 6.29. The van der Waals surface area contributed by atoms with Gasteiger partial charge in [-0.2, -0.15) is 0 Å². The summed E-state index contributed by atoms with van der Waals surface area (Å²) < 4.78 is 5.84. The van der Waals surface area contributed by atoms with E-state index < -0.39 is 0 Å². The third kappa shape index (κ3) is 2.96. The van der Waals surface area contributed by atoms with Crippen molar-refractivity contribution in [3.8, 4) is 22.6 Å². The van der Waals surface area contributed by atoms with Crippen LogP contribution in [0.5, 0.6) is 0 Å². The molecule has 0 spiro atoms. The van der Waals surface area contributed by atoms with E-state index in [2.05, 4.69) is 53.7 Å². The van der Waals surface area contributed by atoms with Crippen molar-refractivity contribution in [2.45, 2.75) is 51.4 Å². The number of hydrogen-bond donors (Lipinski definition) is 0. The Balaban J connectivity index is 1.15. The molecular formula is C29H30N2O2. The van der Waals surface area contributed by atoms with Gasteiger partial charge in [-0.3, -0.25) is 4.79 Å².